The van der Waals surface area contributed by atoms with E-state index in [-0.39, 0.29) is 34.4 Å². The van der Waals surface area contributed by atoms with Crippen LogP contribution in [-0.2, 0) is 9.22 Å². The molecule has 0 saturated carbocycles. The number of likely N-dealkylation sites (tertiary alicyclic amines) is 1. The topological polar surface area (TPSA) is 81.2 Å². The molecule has 2 amide bonds. The van der Waals surface area contributed by atoms with Gasteiger partial charge >= 0.3 is 0 Å². The largest absolute Gasteiger partial charge is 0.493 e. The van der Waals surface area contributed by atoms with Gasteiger partial charge in [0.1, 0.15) is 17.3 Å². The van der Waals surface area contributed by atoms with Crippen molar-refractivity contribution in [2.24, 2.45) is 5.92 Å². The smallest absolute Gasteiger partial charge is 0.268 e. The highest BCUT2D eigenvalue weighted by Crippen LogP contribution is 2.39. The van der Waals surface area contributed by atoms with E-state index in [0.717, 1.165) is 5.56 Å². The van der Waals surface area contributed by atoms with E-state index in [0.29, 0.717) is 67.0 Å². The van der Waals surface area contributed by atoms with Gasteiger partial charge < -0.3 is 23.7 Å². The summed E-state index contributed by atoms with van der Waals surface area (Å²) < 4.78 is 35.1. The fourth-order valence-corrected chi connectivity index (χ4v) is 12.9. The van der Waals surface area contributed by atoms with Crippen LogP contribution in [0, 0.1) is 11.7 Å². The van der Waals surface area contributed by atoms with Gasteiger partial charge in [0.15, 0.2) is 6.10 Å². The molecule has 1 saturated heterocycles. The number of anilines is 1. The van der Waals surface area contributed by atoms with Crippen LogP contribution in [0.1, 0.15) is 57.8 Å². The summed E-state index contributed by atoms with van der Waals surface area (Å²) in [5.74, 6) is -0.138. The Morgan fingerprint density at radius 1 is 0.930 bits per heavy atom. The molecule has 2 aliphatic rings. The van der Waals surface area contributed by atoms with Gasteiger partial charge in [0.25, 0.3) is 20.1 Å². The quantitative estimate of drug-likeness (QED) is 0.125. The van der Waals surface area contributed by atoms with Crippen LogP contribution in [0.25, 0.3) is 11.1 Å². The molecule has 3 heterocycles. The fraction of sp³-hybridized carbons (Fsp3) is 0.326. The molecule has 0 spiro atoms. The number of fused-ring (bicyclic) bond motifs is 1. The number of ether oxygens (including phenoxy) is 2. The molecule has 2 atom stereocenters. The molecule has 1 aromatic heterocycles. The lowest BCUT2D eigenvalue weighted by molar-refractivity contribution is -0.126. The SMILES string of the molecule is C[C@@H](COc1ccccc1-c1ccc(C(=O)N2CCC(N3C(=O)[C@H](C)Oc4ncc(Cl)cc43)CC2)c(F)c1)CO[Si](c1ccccc1)(c1ccccc1)C(C)(C)C. The highest BCUT2D eigenvalue weighted by atomic mass is 35.5. The van der Waals surface area contributed by atoms with Crippen molar-refractivity contribution in [2.75, 3.05) is 31.2 Å². The second-order valence-corrected chi connectivity index (χ2v) is 20.8. The molecule has 296 valence electrons. The molecule has 11 heteroatoms. The van der Waals surface area contributed by atoms with E-state index in [1.54, 1.807) is 34.9 Å². The van der Waals surface area contributed by atoms with Gasteiger partial charge in [0, 0.05) is 43.4 Å². The first-order valence-corrected chi connectivity index (χ1v) is 21.9. The Hall–Kier alpha value is -5.03. The van der Waals surface area contributed by atoms with Crippen LogP contribution in [0.3, 0.4) is 0 Å². The van der Waals surface area contributed by atoms with Gasteiger partial charge in [-0.15, -0.1) is 0 Å². The zero-order valence-electron chi connectivity index (χ0n) is 33.1. The molecule has 1 fully saturated rings. The van der Waals surface area contributed by atoms with Crippen LogP contribution in [0.4, 0.5) is 10.1 Å². The maximum Gasteiger partial charge on any atom is 0.268 e. The number of halogens is 2. The highest BCUT2D eigenvalue weighted by Gasteiger charge is 2.50. The van der Waals surface area contributed by atoms with Crippen molar-refractivity contribution in [2.45, 2.75) is 64.6 Å². The first-order valence-electron chi connectivity index (χ1n) is 19.6. The number of carbonyl (C=O) groups excluding carboxylic acids is 2. The van der Waals surface area contributed by atoms with Crippen LogP contribution in [-0.4, -0.2) is 68.5 Å². The maximum absolute atomic E-state index is 15.9. The van der Waals surface area contributed by atoms with Crippen molar-refractivity contribution >= 4 is 47.8 Å². The molecular formula is C46H49ClFN3O5Si. The average molecular weight is 806 g/mol. The first-order chi connectivity index (χ1) is 27.4. The lowest BCUT2D eigenvalue weighted by Crippen LogP contribution is -2.66. The van der Waals surface area contributed by atoms with Crippen LogP contribution < -0.4 is 24.7 Å². The molecular weight excluding hydrogens is 757 g/mol. The Balaban J connectivity index is 1.01. The van der Waals surface area contributed by atoms with Gasteiger partial charge in [0.2, 0.25) is 5.88 Å². The van der Waals surface area contributed by atoms with Crippen molar-refractivity contribution in [3.05, 3.63) is 132 Å². The summed E-state index contributed by atoms with van der Waals surface area (Å²) in [4.78, 5) is 34.5. The second-order valence-electron chi connectivity index (χ2n) is 16.1. The third kappa shape index (κ3) is 8.22. The molecule has 57 heavy (non-hydrogen) atoms. The number of hydrogen-bond acceptors (Lipinski definition) is 6. The van der Waals surface area contributed by atoms with E-state index in [1.807, 2.05) is 36.4 Å². The first kappa shape index (κ1) is 40.2. The Kier molecular flexibility index (Phi) is 11.9. The molecule has 0 aliphatic carbocycles. The fourth-order valence-electron chi connectivity index (χ4n) is 8.08. The van der Waals surface area contributed by atoms with Gasteiger partial charge in [0.05, 0.1) is 17.2 Å². The summed E-state index contributed by atoms with van der Waals surface area (Å²) in [7, 11) is -2.70. The third-order valence-electron chi connectivity index (χ3n) is 11.0. The number of amides is 2. The number of piperidine rings is 1. The van der Waals surface area contributed by atoms with Gasteiger partial charge in [-0.05, 0) is 65.0 Å². The Labute approximate surface area is 340 Å². The summed E-state index contributed by atoms with van der Waals surface area (Å²) in [6.07, 6.45) is 1.83. The Morgan fingerprint density at radius 2 is 1.56 bits per heavy atom. The van der Waals surface area contributed by atoms with Crippen LogP contribution in [0.2, 0.25) is 10.1 Å². The van der Waals surface area contributed by atoms with Gasteiger partial charge in [-0.2, -0.15) is 0 Å². The minimum atomic E-state index is -2.70. The van der Waals surface area contributed by atoms with Crippen molar-refractivity contribution in [1.29, 1.82) is 0 Å². The van der Waals surface area contributed by atoms with E-state index in [4.69, 9.17) is 25.5 Å². The Morgan fingerprint density at radius 3 is 2.19 bits per heavy atom. The van der Waals surface area contributed by atoms with Crippen LogP contribution >= 0.6 is 11.6 Å². The van der Waals surface area contributed by atoms with Gasteiger partial charge in [-0.25, -0.2) is 9.37 Å². The van der Waals surface area contributed by atoms with Crippen molar-refractivity contribution in [1.82, 2.24) is 9.88 Å². The van der Waals surface area contributed by atoms with Crippen molar-refractivity contribution in [3.63, 3.8) is 0 Å². The number of nitrogens with zero attached hydrogens (tertiary/aromatic N) is 3. The number of pyridine rings is 1. The molecule has 7 rings (SSSR count). The van der Waals surface area contributed by atoms with E-state index < -0.39 is 20.2 Å². The second kappa shape index (κ2) is 16.8. The lowest BCUT2D eigenvalue weighted by Gasteiger charge is -2.43. The lowest BCUT2D eigenvalue weighted by atomic mass is 9.99. The summed E-state index contributed by atoms with van der Waals surface area (Å²) in [5.41, 5.74) is 1.87. The molecule has 4 aromatic carbocycles. The predicted molar refractivity (Wildman–Crippen MR) is 226 cm³/mol. The molecule has 8 nitrogen and oxygen atoms in total. The number of carbonyl (C=O) groups is 2. The number of para-hydroxylation sites is 1. The van der Waals surface area contributed by atoms with Gasteiger partial charge in [-0.3, -0.25) is 9.59 Å². The van der Waals surface area contributed by atoms with E-state index in [1.165, 1.54) is 22.6 Å². The minimum Gasteiger partial charge on any atom is -0.493 e. The number of hydrogen-bond donors (Lipinski definition) is 0. The third-order valence-corrected chi connectivity index (χ3v) is 16.2. The van der Waals surface area contributed by atoms with Gasteiger partial charge in [-0.1, -0.05) is 124 Å². The number of aromatic nitrogens is 1. The number of benzene rings is 4. The van der Waals surface area contributed by atoms with Crippen LogP contribution in [0.15, 0.2) is 115 Å². The normalized spacial score (nSPS) is 16.8. The molecule has 0 radical (unpaired) electrons. The van der Waals surface area contributed by atoms with Crippen molar-refractivity contribution in [3.8, 4) is 22.8 Å². The van der Waals surface area contributed by atoms with Crippen molar-refractivity contribution < 1.29 is 27.9 Å². The summed E-state index contributed by atoms with van der Waals surface area (Å²) in [6.45, 7) is 12.2. The zero-order chi connectivity index (χ0) is 40.3. The molecule has 0 unspecified atom stereocenters. The molecule has 2 aliphatic heterocycles. The number of rotatable bonds is 11. The molecule has 0 bridgehead atoms. The standard InChI is InChI=1S/C46H49ClFN3O5Si/c1-31(30-55-57(46(3,4)5,36-14-8-6-9-15-36)37-16-10-7-11-17-37)29-54-42-19-13-12-18-38(42)33-20-21-39(40(48)26-33)45(53)50-24-22-35(23-25-50)51-41-27-34(47)28-49-43(41)56-32(2)44(51)52/h6-21,26-28,31-32,35H,22-25,29-30H2,1-5H3/t31-,32-/m0/s1. The average Bonchev–Trinajstić information content (AvgIpc) is 3.21. The monoisotopic (exact) mass is 805 g/mol. The summed E-state index contributed by atoms with van der Waals surface area (Å²) >= 11 is 6.22. The highest BCUT2D eigenvalue weighted by molar-refractivity contribution is 6.99. The molecule has 0 N–H and O–H groups in total. The zero-order valence-corrected chi connectivity index (χ0v) is 34.8. The summed E-state index contributed by atoms with van der Waals surface area (Å²) in [6, 6.07) is 34.9. The van der Waals surface area contributed by atoms with E-state index in [9.17, 15) is 9.59 Å². The summed E-state index contributed by atoms with van der Waals surface area (Å²) in [5, 5.41) is 2.71. The van der Waals surface area contributed by atoms with E-state index in [2.05, 4.69) is 81.2 Å². The van der Waals surface area contributed by atoms with Crippen LogP contribution in [0.5, 0.6) is 11.6 Å². The maximum atomic E-state index is 15.9. The Bertz CT molecular complexity index is 2170. The molecule has 5 aromatic rings. The minimum absolute atomic E-state index is 0.00194. The predicted octanol–water partition coefficient (Wildman–Crippen LogP) is 8.55. The van der Waals surface area contributed by atoms with E-state index >= 15 is 4.39 Å².